The molecular formula is C29H31N3O4. The van der Waals surface area contributed by atoms with Gasteiger partial charge in [-0.1, -0.05) is 36.4 Å². The second-order valence-corrected chi connectivity index (χ2v) is 10.9. The monoisotopic (exact) mass is 485 g/mol. The summed E-state index contributed by atoms with van der Waals surface area (Å²) in [7, 11) is 0. The van der Waals surface area contributed by atoms with Gasteiger partial charge in [-0.25, -0.2) is 0 Å². The van der Waals surface area contributed by atoms with E-state index in [1.165, 1.54) is 49.9 Å². The van der Waals surface area contributed by atoms with E-state index in [0.717, 1.165) is 23.4 Å². The summed E-state index contributed by atoms with van der Waals surface area (Å²) in [5.74, 6) is -1.85. The molecule has 3 heterocycles. The maximum absolute atomic E-state index is 13.3. The maximum atomic E-state index is 13.3. The molecule has 7 nitrogen and oxygen atoms in total. The van der Waals surface area contributed by atoms with E-state index < -0.39 is 23.8 Å². The van der Waals surface area contributed by atoms with E-state index in [9.17, 15) is 19.2 Å². The molecular weight excluding hydrogens is 454 g/mol. The number of fused-ring (bicyclic) bond motifs is 1. The molecule has 1 saturated carbocycles. The van der Waals surface area contributed by atoms with E-state index in [-0.39, 0.29) is 18.7 Å². The van der Waals surface area contributed by atoms with Crippen LogP contribution in [0.1, 0.15) is 75.9 Å². The molecule has 3 aliphatic heterocycles. The Morgan fingerprint density at radius 2 is 1.56 bits per heavy atom. The molecule has 1 aliphatic carbocycles. The Morgan fingerprint density at radius 1 is 0.833 bits per heavy atom. The summed E-state index contributed by atoms with van der Waals surface area (Å²) in [6, 6.07) is 13.1. The summed E-state index contributed by atoms with van der Waals surface area (Å²) in [5, 5.41) is 2.24. The van der Waals surface area contributed by atoms with Crippen molar-refractivity contribution in [1.29, 1.82) is 0 Å². The van der Waals surface area contributed by atoms with Gasteiger partial charge in [-0.15, -0.1) is 0 Å². The minimum atomic E-state index is -0.940. The Labute approximate surface area is 210 Å². The predicted octanol–water partition coefficient (Wildman–Crippen LogP) is 3.25. The fourth-order valence-electron chi connectivity index (χ4n) is 6.00. The fraction of sp³-hybridized carbons (Fsp3) is 0.448. The lowest BCUT2D eigenvalue weighted by molar-refractivity contribution is -0.136. The van der Waals surface area contributed by atoms with Gasteiger partial charge in [0, 0.05) is 13.0 Å². The van der Waals surface area contributed by atoms with Crippen molar-refractivity contribution in [2.45, 2.75) is 64.0 Å². The van der Waals surface area contributed by atoms with Gasteiger partial charge in [-0.2, -0.15) is 0 Å². The van der Waals surface area contributed by atoms with E-state index in [0.29, 0.717) is 23.0 Å². The van der Waals surface area contributed by atoms with Gasteiger partial charge in [0.2, 0.25) is 11.8 Å². The van der Waals surface area contributed by atoms with Crippen LogP contribution in [0.4, 0.5) is 0 Å². The van der Waals surface area contributed by atoms with Crippen molar-refractivity contribution < 1.29 is 19.2 Å². The smallest absolute Gasteiger partial charge is 0.262 e. The van der Waals surface area contributed by atoms with E-state index in [4.69, 9.17) is 0 Å². The number of likely N-dealkylation sites (tertiary alicyclic amines) is 1. The first-order valence-corrected chi connectivity index (χ1v) is 13.1. The fourth-order valence-corrected chi connectivity index (χ4v) is 6.00. The number of carbonyl (C=O) groups is 4. The van der Waals surface area contributed by atoms with Crippen LogP contribution >= 0.6 is 0 Å². The normalized spacial score (nSPS) is 23.2. The van der Waals surface area contributed by atoms with Gasteiger partial charge >= 0.3 is 0 Å². The number of amides is 4. The molecule has 1 spiro atoms. The number of hydrogen-bond donors (Lipinski definition) is 1. The molecule has 1 N–H and O–H groups in total. The Morgan fingerprint density at radius 3 is 2.25 bits per heavy atom. The Balaban J connectivity index is 1.11. The number of aryl methyl sites for hydroxylation is 2. The van der Waals surface area contributed by atoms with Crippen LogP contribution in [0.25, 0.3) is 0 Å². The molecule has 7 heteroatoms. The third-order valence-corrected chi connectivity index (χ3v) is 8.54. The van der Waals surface area contributed by atoms with Gasteiger partial charge in [0.05, 0.1) is 11.1 Å². The lowest BCUT2D eigenvalue weighted by Gasteiger charge is -2.32. The molecule has 2 aromatic rings. The summed E-state index contributed by atoms with van der Waals surface area (Å²) in [4.78, 5) is 53.8. The second kappa shape index (κ2) is 8.96. The summed E-state index contributed by atoms with van der Waals surface area (Å²) in [5.41, 5.74) is 4.75. The highest BCUT2D eigenvalue weighted by atomic mass is 16.2. The number of nitrogens with one attached hydrogen (secondary N) is 1. The zero-order valence-electron chi connectivity index (χ0n) is 20.4. The van der Waals surface area contributed by atoms with Crippen LogP contribution in [0, 0.1) is 5.41 Å². The van der Waals surface area contributed by atoms with Crippen molar-refractivity contribution in [3.05, 3.63) is 70.3 Å². The molecule has 0 radical (unpaired) electrons. The van der Waals surface area contributed by atoms with Crippen LogP contribution in [-0.4, -0.2) is 52.6 Å². The minimum absolute atomic E-state index is 0.116. The topological polar surface area (TPSA) is 86.8 Å². The van der Waals surface area contributed by atoms with Crippen LogP contribution < -0.4 is 5.32 Å². The molecule has 1 unspecified atom stereocenters. The van der Waals surface area contributed by atoms with Crippen LogP contribution in [-0.2, 0) is 29.0 Å². The molecule has 186 valence electrons. The maximum Gasteiger partial charge on any atom is 0.262 e. The van der Waals surface area contributed by atoms with Crippen LogP contribution in [0.15, 0.2) is 42.5 Å². The van der Waals surface area contributed by atoms with Crippen molar-refractivity contribution in [1.82, 2.24) is 15.1 Å². The Hall–Kier alpha value is -3.32. The second-order valence-electron chi connectivity index (χ2n) is 10.9. The van der Waals surface area contributed by atoms with Gasteiger partial charge in [0.15, 0.2) is 0 Å². The molecule has 4 aliphatic rings. The highest BCUT2D eigenvalue weighted by molar-refractivity contribution is 6.24. The molecule has 36 heavy (non-hydrogen) atoms. The van der Waals surface area contributed by atoms with E-state index in [1.54, 1.807) is 12.1 Å². The minimum Gasteiger partial charge on any atom is -0.299 e. The zero-order chi connectivity index (χ0) is 24.9. The highest BCUT2D eigenvalue weighted by Gasteiger charge is 2.46. The standard InChI is InChI=1S/C29H31N3O4/c33-24-11-10-23(26(34)30-24)32-27(35)22-3-1-2-21(25(22)28(32)36)9-8-19-4-6-20(7-5-19)18-31-16-14-29(12-13-29)15-17-31/h1-7,23H,8-18H2,(H,30,33,34). The zero-order valence-corrected chi connectivity index (χ0v) is 20.4. The average molecular weight is 486 g/mol. The van der Waals surface area contributed by atoms with Crippen molar-refractivity contribution in [3.63, 3.8) is 0 Å². The van der Waals surface area contributed by atoms with Gasteiger partial charge in [-0.3, -0.25) is 34.3 Å². The third kappa shape index (κ3) is 4.26. The van der Waals surface area contributed by atoms with Crippen molar-refractivity contribution in [2.24, 2.45) is 5.41 Å². The number of hydrogen-bond acceptors (Lipinski definition) is 5. The number of nitrogens with zero attached hydrogens (tertiary/aromatic N) is 2. The third-order valence-electron chi connectivity index (χ3n) is 8.54. The first-order chi connectivity index (χ1) is 17.4. The molecule has 0 aromatic heterocycles. The summed E-state index contributed by atoms with van der Waals surface area (Å²) in [6.07, 6.45) is 7.19. The number of piperidine rings is 2. The molecule has 6 rings (SSSR count). The lowest BCUT2D eigenvalue weighted by atomic mass is 9.93. The molecule has 2 saturated heterocycles. The number of benzene rings is 2. The van der Waals surface area contributed by atoms with E-state index in [1.807, 2.05) is 6.07 Å². The molecule has 4 amide bonds. The first kappa shape index (κ1) is 23.1. The molecule has 0 bridgehead atoms. The van der Waals surface area contributed by atoms with Gasteiger partial charge < -0.3 is 0 Å². The van der Waals surface area contributed by atoms with Crippen LogP contribution in [0.3, 0.4) is 0 Å². The lowest BCUT2D eigenvalue weighted by Crippen LogP contribution is -2.54. The quantitative estimate of drug-likeness (QED) is 0.635. The number of rotatable bonds is 6. The average Bonchev–Trinajstić information content (AvgIpc) is 3.59. The number of carbonyl (C=O) groups excluding carboxylic acids is 4. The van der Waals surface area contributed by atoms with Crippen molar-refractivity contribution in [2.75, 3.05) is 13.1 Å². The number of imide groups is 2. The van der Waals surface area contributed by atoms with Crippen LogP contribution in [0.2, 0.25) is 0 Å². The largest absolute Gasteiger partial charge is 0.299 e. The van der Waals surface area contributed by atoms with Crippen LogP contribution in [0.5, 0.6) is 0 Å². The molecule has 1 atom stereocenters. The van der Waals surface area contributed by atoms with Gasteiger partial charge in [0.1, 0.15) is 6.04 Å². The Bertz CT molecular complexity index is 1240. The first-order valence-electron chi connectivity index (χ1n) is 13.1. The molecule has 3 fully saturated rings. The highest BCUT2D eigenvalue weighted by Crippen LogP contribution is 2.53. The van der Waals surface area contributed by atoms with Gasteiger partial charge in [-0.05, 0) is 86.2 Å². The summed E-state index contributed by atoms with van der Waals surface area (Å²) < 4.78 is 0. The molecule has 2 aromatic carbocycles. The SMILES string of the molecule is O=C1CCC(N2C(=O)c3cccc(CCc4ccc(CN5CCC6(CC5)CC6)cc4)c3C2=O)C(=O)N1. The summed E-state index contributed by atoms with van der Waals surface area (Å²) in [6.45, 7) is 3.39. The predicted molar refractivity (Wildman–Crippen MR) is 133 cm³/mol. The summed E-state index contributed by atoms with van der Waals surface area (Å²) >= 11 is 0. The Kier molecular flexibility index (Phi) is 5.75. The van der Waals surface area contributed by atoms with E-state index in [2.05, 4.69) is 34.5 Å². The van der Waals surface area contributed by atoms with Gasteiger partial charge in [0.25, 0.3) is 11.8 Å². The van der Waals surface area contributed by atoms with Crippen molar-refractivity contribution >= 4 is 23.6 Å². The van der Waals surface area contributed by atoms with Crippen molar-refractivity contribution in [3.8, 4) is 0 Å². The van der Waals surface area contributed by atoms with E-state index >= 15 is 0 Å².